The Hall–Kier alpha value is -2.58. The Bertz CT molecular complexity index is 729. The van der Waals surface area contributed by atoms with Crippen LogP contribution in [0.2, 0.25) is 0 Å². The molecule has 0 fully saturated rings. The Morgan fingerprint density at radius 3 is 1.81 bits per heavy atom. The summed E-state index contributed by atoms with van der Waals surface area (Å²) in [6, 6.07) is 30.3. The Labute approximate surface area is 156 Å². The van der Waals surface area contributed by atoms with Gasteiger partial charge in [0.05, 0.1) is 13.2 Å². The van der Waals surface area contributed by atoms with E-state index in [4.69, 9.17) is 4.74 Å². The topological polar surface area (TPSA) is 21.3 Å². The SMILES string of the molecule is COc1ccc(CCC(C)NC(c2ccccc2)c2ccccc2)cc1. The number of hydrogen-bond acceptors (Lipinski definition) is 2. The van der Waals surface area contributed by atoms with Gasteiger partial charge in [-0.1, -0.05) is 72.8 Å². The van der Waals surface area contributed by atoms with Crippen LogP contribution in [0.3, 0.4) is 0 Å². The van der Waals surface area contributed by atoms with Gasteiger partial charge in [0.25, 0.3) is 0 Å². The van der Waals surface area contributed by atoms with Crippen LogP contribution in [0.5, 0.6) is 5.75 Å². The molecule has 0 radical (unpaired) electrons. The van der Waals surface area contributed by atoms with E-state index in [9.17, 15) is 0 Å². The molecule has 0 aliphatic carbocycles. The average Bonchev–Trinajstić information content (AvgIpc) is 2.72. The Morgan fingerprint density at radius 2 is 1.31 bits per heavy atom. The first-order valence-electron chi connectivity index (χ1n) is 9.25. The van der Waals surface area contributed by atoms with E-state index in [1.165, 1.54) is 16.7 Å². The molecular weight excluding hydrogens is 318 g/mol. The van der Waals surface area contributed by atoms with Crippen molar-refractivity contribution in [2.75, 3.05) is 7.11 Å². The smallest absolute Gasteiger partial charge is 0.118 e. The molecule has 0 aromatic heterocycles. The molecule has 0 aliphatic rings. The van der Waals surface area contributed by atoms with Crippen LogP contribution in [0.25, 0.3) is 0 Å². The highest BCUT2D eigenvalue weighted by Crippen LogP contribution is 2.23. The standard InChI is InChI=1S/C24H27NO/c1-19(13-14-20-15-17-23(26-2)18-16-20)25-24(21-9-5-3-6-10-21)22-11-7-4-8-12-22/h3-12,15-19,24-25H,13-14H2,1-2H3. The van der Waals surface area contributed by atoms with Crippen molar-refractivity contribution in [3.63, 3.8) is 0 Å². The highest BCUT2D eigenvalue weighted by molar-refractivity contribution is 5.32. The number of benzene rings is 3. The van der Waals surface area contributed by atoms with E-state index in [1.807, 2.05) is 12.1 Å². The molecule has 26 heavy (non-hydrogen) atoms. The molecule has 0 saturated heterocycles. The zero-order chi connectivity index (χ0) is 18.2. The van der Waals surface area contributed by atoms with E-state index in [1.54, 1.807) is 7.11 Å². The average molecular weight is 345 g/mol. The van der Waals surface area contributed by atoms with Crippen LogP contribution in [0, 0.1) is 0 Å². The van der Waals surface area contributed by atoms with E-state index in [2.05, 4.69) is 85.0 Å². The van der Waals surface area contributed by atoms with Gasteiger partial charge in [-0.15, -0.1) is 0 Å². The minimum Gasteiger partial charge on any atom is -0.497 e. The van der Waals surface area contributed by atoms with Crippen LogP contribution in [-0.2, 0) is 6.42 Å². The lowest BCUT2D eigenvalue weighted by Crippen LogP contribution is -2.31. The molecule has 3 rings (SSSR count). The van der Waals surface area contributed by atoms with Gasteiger partial charge in [-0.3, -0.25) is 0 Å². The predicted octanol–water partition coefficient (Wildman–Crippen LogP) is 5.40. The summed E-state index contributed by atoms with van der Waals surface area (Å²) in [4.78, 5) is 0. The summed E-state index contributed by atoms with van der Waals surface area (Å²) >= 11 is 0. The highest BCUT2D eigenvalue weighted by Gasteiger charge is 2.16. The lowest BCUT2D eigenvalue weighted by Gasteiger charge is -2.24. The van der Waals surface area contributed by atoms with Crippen molar-refractivity contribution in [1.29, 1.82) is 0 Å². The maximum atomic E-state index is 5.23. The zero-order valence-electron chi connectivity index (χ0n) is 15.6. The van der Waals surface area contributed by atoms with Crippen LogP contribution in [0.15, 0.2) is 84.9 Å². The van der Waals surface area contributed by atoms with Crippen LogP contribution in [0.4, 0.5) is 0 Å². The van der Waals surface area contributed by atoms with Crippen molar-refractivity contribution in [2.24, 2.45) is 0 Å². The Morgan fingerprint density at radius 1 is 0.769 bits per heavy atom. The van der Waals surface area contributed by atoms with E-state index in [0.717, 1.165) is 18.6 Å². The summed E-state index contributed by atoms with van der Waals surface area (Å²) < 4.78 is 5.23. The summed E-state index contributed by atoms with van der Waals surface area (Å²) in [5, 5.41) is 3.82. The van der Waals surface area contributed by atoms with Crippen LogP contribution in [-0.4, -0.2) is 13.2 Å². The lowest BCUT2D eigenvalue weighted by molar-refractivity contribution is 0.414. The highest BCUT2D eigenvalue weighted by atomic mass is 16.5. The maximum absolute atomic E-state index is 5.23. The van der Waals surface area contributed by atoms with Crippen LogP contribution in [0.1, 0.15) is 36.1 Å². The molecule has 0 heterocycles. The first kappa shape index (κ1) is 18.2. The predicted molar refractivity (Wildman–Crippen MR) is 109 cm³/mol. The molecule has 0 spiro atoms. The molecule has 3 aromatic rings. The van der Waals surface area contributed by atoms with Gasteiger partial charge in [0.15, 0.2) is 0 Å². The van der Waals surface area contributed by atoms with Gasteiger partial charge < -0.3 is 10.1 Å². The number of aryl methyl sites for hydroxylation is 1. The summed E-state index contributed by atoms with van der Waals surface area (Å²) in [5.74, 6) is 0.910. The summed E-state index contributed by atoms with van der Waals surface area (Å²) in [5.41, 5.74) is 3.94. The third kappa shape index (κ3) is 4.96. The molecule has 134 valence electrons. The van der Waals surface area contributed by atoms with Gasteiger partial charge in [-0.2, -0.15) is 0 Å². The van der Waals surface area contributed by atoms with E-state index in [-0.39, 0.29) is 6.04 Å². The van der Waals surface area contributed by atoms with Crippen molar-refractivity contribution in [3.05, 3.63) is 102 Å². The molecule has 1 unspecified atom stereocenters. The summed E-state index contributed by atoms with van der Waals surface area (Å²) in [6.45, 7) is 2.27. The first-order chi connectivity index (χ1) is 12.8. The van der Waals surface area contributed by atoms with Crippen molar-refractivity contribution < 1.29 is 4.74 Å². The number of methoxy groups -OCH3 is 1. The van der Waals surface area contributed by atoms with Crippen molar-refractivity contribution in [1.82, 2.24) is 5.32 Å². The van der Waals surface area contributed by atoms with Gasteiger partial charge >= 0.3 is 0 Å². The molecule has 0 amide bonds. The monoisotopic (exact) mass is 345 g/mol. The normalized spacial score (nSPS) is 12.1. The van der Waals surface area contributed by atoms with Gasteiger partial charge in [0.2, 0.25) is 0 Å². The fourth-order valence-electron chi connectivity index (χ4n) is 3.22. The second-order valence-electron chi connectivity index (χ2n) is 6.71. The van der Waals surface area contributed by atoms with Crippen molar-refractivity contribution in [2.45, 2.75) is 31.8 Å². The summed E-state index contributed by atoms with van der Waals surface area (Å²) in [6.07, 6.45) is 2.14. The van der Waals surface area contributed by atoms with Gasteiger partial charge in [0, 0.05) is 6.04 Å². The molecule has 1 atom stereocenters. The second kappa shape index (κ2) is 9.21. The third-order valence-electron chi connectivity index (χ3n) is 4.74. The zero-order valence-corrected chi connectivity index (χ0v) is 15.6. The molecule has 0 saturated carbocycles. The van der Waals surface area contributed by atoms with Gasteiger partial charge in [-0.05, 0) is 48.6 Å². The van der Waals surface area contributed by atoms with E-state index in [0.29, 0.717) is 6.04 Å². The van der Waals surface area contributed by atoms with Crippen LogP contribution >= 0.6 is 0 Å². The molecule has 2 nitrogen and oxygen atoms in total. The maximum Gasteiger partial charge on any atom is 0.118 e. The fourth-order valence-corrected chi connectivity index (χ4v) is 3.22. The Balaban J connectivity index is 1.66. The molecule has 0 bridgehead atoms. The lowest BCUT2D eigenvalue weighted by atomic mass is 9.97. The minimum absolute atomic E-state index is 0.211. The quantitative estimate of drug-likeness (QED) is 0.590. The van der Waals surface area contributed by atoms with Crippen LogP contribution < -0.4 is 10.1 Å². The van der Waals surface area contributed by atoms with Crippen molar-refractivity contribution >= 4 is 0 Å². The number of ether oxygens (including phenoxy) is 1. The van der Waals surface area contributed by atoms with E-state index >= 15 is 0 Å². The minimum atomic E-state index is 0.211. The molecule has 2 heteroatoms. The van der Waals surface area contributed by atoms with Gasteiger partial charge in [0.1, 0.15) is 5.75 Å². The number of hydrogen-bond donors (Lipinski definition) is 1. The largest absolute Gasteiger partial charge is 0.497 e. The third-order valence-corrected chi connectivity index (χ3v) is 4.74. The van der Waals surface area contributed by atoms with E-state index < -0.39 is 0 Å². The summed E-state index contributed by atoms with van der Waals surface area (Å²) in [7, 11) is 1.70. The van der Waals surface area contributed by atoms with Crippen molar-refractivity contribution in [3.8, 4) is 5.75 Å². The first-order valence-corrected chi connectivity index (χ1v) is 9.25. The van der Waals surface area contributed by atoms with Gasteiger partial charge in [-0.25, -0.2) is 0 Å². The second-order valence-corrected chi connectivity index (χ2v) is 6.71. The molecule has 1 N–H and O–H groups in total. The Kier molecular flexibility index (Phi) is 6.45. The molecule has 0 aliphatic heterocycles. The fraction of sp³-hybridized carbons (Fsp3) is 0.250. The molecular formula is C24H27NO. The molecule has 3 aromatic carbocycles. The number of nitrogens with one attached hydrogen (secondary N) is 1. The number of rotatable bonds is 8.